The molecule has 3 rings (SSSR count). The van der Waals surface area contributed by atoms with Crippen molar-refractivity contribution >= 4 is 11.9 Å². The first-order chi connectivity index (χ1) is 9.24. The third-order valence-electron chi connectivity index (χ3n) is 3.08. The van der Waals surface area contributed by atoms with Crippen LogP contribution in [0.3, 0.4) is 0 Å². The number of aromatic nitrogens is 1. The Labute approximate surface area is 111 Å². The lowest BCUT2D eigenvalue weighted by molar-refractivity contribution is 0.100. The lowest BCUT2D eigenvalue weighted by atomic mass is 9.97. The van der Waals surface area contributed by atoms with Crippen LogP contribution in [0.25, 0.3) is 6.08 Å². The molecule has 2 aromatic rings. The summed E-state index contributed by atoms with van der Waals surface area (Å²) in [5, 5.41) is 0. The van der Waals surface area contributed by atoms with Gasteiger partial charge in [0.1, 0.15) is 12.4 Å². The van der Waals surface area contributed by atoms with Crippen LogP contribution in [0.1, 0.15) is 21.5 Å². The van der Waals surface area contributed by atoms with Gasteiger partial charge in [-0.1, -0.05) is 17.7 Å². The molecule has 0 saturated carbocycles. The molecule has 1 aliphatic heterocycles. The number of fused-ring (bicyclic) bond motifs is 1. The number of nitrogens with zero attached hydrogens (tertiary/aromatic N) is 1. The Morgan fingerprint density at radius 2 is 2.21 bits per heavy atom. The van der Waals surface area contributed by atoms with E-state index >= 15 is 0 Å². The Hall–Kier alpha value is -2.42. The van der Waals surface area contributed by atoms with E-state index in [1.807, 2.05) is 43.3 Å². The van der Waals surface area contributed by atoms with Crippen LogP contribution in [0.4, 0.5) is 0 Å². The molecule has 1 aromatic heterocycles. The van der Waals surface area contributed by atoms with E-state index in [2.05, 4.69) is 4.98 Å². The molecule has 0 radical (unpaired) electrons. The molecule has 94 valence electrons. The van der Waals surface area contributed by atoms with Crippen LogP contribution < -0.4 is 4.74 Å². The van der Waals surface area contributed by atoms with Crippen LogP contribution in [0, 0.1) is 6.92 Å². The van der Waals surface area contributed by atoms with Gasteiger partial charge >= 0.3 is 0 Å². The van der Waals surface area contributed by atoms with Gasteiger partial charge < -0.3 is 4.74 Å². The third kappa shape index (κ3) is 2.27. The Morgan fingerprint density at radius 1 is 1.32 bits per heavy atom. The average molecular weight is 251 g/mol. The first kappa shape index (κ1) is 11.7. The van der Waals surface area contributed by atoms with Crippen molar-refractivity contribution < 1.29 is 9.53 Å². The molecule has 19 heavy (non-hydrogen) atoms. The fourth-order valence-corrected chi connectivity index (χ4v) is 2.11. The summed E-state index contributed by atoms with van der Waals surface area (Å²) in [6.07, 6.45) is 5.27. The zero-order valence-electron chi connectivity index (χ0n) is 10.6. The van der Waals surface area contributed by atoms with E-state index in [4.69, 9.17) is 4.74 Å². The summed E-state index contributed by atoms with van der Waals surface area (Å²) in [5.41, 5.74) is 3.26. The standard InChI is InChI=1S/C16H13NO2/c1-11-4-5-15-14(7-11)16(18)13(10-19-15)8-12-3-2-6-17-9-12/h2-9H,10H2,1H3/b13-8+. The highest BCUT2D eigenvalue weighted by molar-refractivity contribution is 6.14. The molecule has 0 bridgehead atoms. The summed E-state index contributed by atoms with van der Waals surface area (Å²) in [5.74, 6) is 0.702. The highest BCUT2D eigenvalue weighted by Crippen LogP contribution is 2.28. The molecule has 2 heterocycles. The smallest absolute Gasteiger partial charge is 0.196 e. The minimum Gasteiger partial charge on any atom is -0.488 e. The second-order valence-corrected chi connectivity index (χ2v) is 4.57. The van der Waals surface area contributed by atoms with Crippen molar-refractivity contribution in [2.24, 2.45) is 0 Å². The highest BCUT2D eigenvalue weighted by atomic mass is 16.5. The van der Waals surface area contributed by atoms with E-state index in [1.54, 1.807) is 12.4 Å². The number of hydrogen-bond donors (Lipinski definition) is 0. The van der Waals surface area contributed by atoms with Gasteiger partial charge in [0.05, 0.1) is 5.56 Å². The highest BCUT2D eigenvalue weighted by Gasteiger charge is 2.23. The lowest BCUT2D eigenvalue weighted by Crippen LogP contribution is -2.19. The SMILES string of the molecule is Cc1ccc2c(c1)C(=O)/C(=C/c1cccnc1)CO2. The van der Waals surface area contributed by atoms with Crippen LogP contribution in [0.15, 0.2) is 48.3 Å². The lowest BCUT2D eigenvalue weighted by Gasteiger charge is -2.19. The van der Waals surface area contributed by atoms with Gasteiger partial charge in [0.25, 0.3) is 0 Å². The van der Waals surface area contributed by atoms with E-state index < -0.39 is 0 Å². The van der Waals surface area contributed by atoms with Crippen LogP contribution in [-0.2, 0) is 0 Å². The van der Waals surface area contributed by atoms with Crippen LogP contribution >= 0.6 is 0 Å². The first-order valence-corrected chi connectivity index (χ1v) is 6.13. The van der Waals surface area contributed by atoms with Crippen molar-refractivity contribution in [3.05, 3.63) is 65.0 Å². The molecule has 0 saturated heterocycles. The maximum Gasteiger partial charge on any atom is 0.196 e. The van der Waals surface area contributed by atoms with Gasteiger partial charge in [-0.2, -0.15) is 0 Å². The van der Waals surface area contributed by atoms with Crippen LogP contribution in [0.2, 0.25) is 0 Å². The Balaban J connectivity index is 2.00. The first-order valence-electron chi connectivity index (χ1n) is 6.13. The number of rotatable bonds is 1. The van der Waals surface area contributed by atoms with Gasteiger partial charge in [-0.05, 0) is 36.8 Å². The number of pyridine rings is 1. The quantitative estimate of drug-likeness (QED) is 0.731. The maximum absolute atomic E-state index is 12.4. The maximum atomic E-state index is 12.4. The molecular weight excluding hydrogens is 238 g/mol. The van der Waals surface area contributed by atoms with E-state index in [0.29, 0.717) is 23.5 Å². The molecule has 0 atom stereocenters. The molecule has 0 amide bonds. The van der Waals surface area contributed by atoms with Gasteiger partial charge in [-0.15, -0.1) is 0 Å². The molecule has 1 aromatic carbocycles. The number of benzene rings is 1. The topological polar surface area (TPSA) is 39.2 Å². The predicted octanol–water partition coefficient (Wildman–Crippen LogP) is 3.05. The second kappa shape index (κ2) is 4.69. The number of carbonyl (C=O) groups is 1. The molecule has 1 aliphatic rings. The number of Topliss-reactive ketones (excluding diaryl/α,β-unsaturated/α-hetero) is 1. The van der Waals surface area contributed by atoms with Gasteiger partial charge in [0.2, 0.25) is 0 Å². The normalized spacial score (nSPS) is 16.1. The zero-order chi connectivity index (χ0) is 13.2. The van der Waals surface area contributed by atoms with Crippen molar-refractivity contribution in [1.82, 2.24) is 4.98 Å². The summed E-state index contributed by atoms with van der Waals surface area (Å²) in [4.78, 5) is 16.4. The van der Waals surface area contributed by atoms with E-state index in [9.17, 15) is 4.79 Å². The number of aryl methyl sites for hydroxylation is 1. The fourth-order valence-electron chi connectivity index (χ4n) is 2.11. The van der Waals surface area contributed by atoms with Crippen molar-refractivity contribution in [3.63, 3.8) is 0 Å². The van der Waals surface area contributed by atoms with Gasteiger partial charge in [-0.3, -0.25) is 9.78 Å². The van der Waals surface area contributed by atoms with Crippen molar-refractivity contribution in [3.8, 4) is 5.75 Å². The Kier molecular flexibility index (Phi) is 2.88. The number of hydrogen-bond acceptors (Lipinski definition) is 3. The number of ketones is 1. The summed E-state index contributed by atoms with van der Waals surface area (Å²) < 4.78 is 5.62. The summed E-state index contributed by atoms with van der Waals surface area (Å²) >= 11 is 0. The molecular formula is C16H13NO2. The molecule has 0 aliphatic carbocycles. The van der Waals surface area contributed by atoms with Crippen LogP contribution in [-0.4, -0.2) is 17.4 Å². The fraction of sp³-hybridized carbons (Fsp3) is 0.125. The van der Waals surface area contributed by atoms with Gasteiger partial charge in [-0.25, -0.2) is 0 Å². The molecule has 0 fully saturated rings. The Morgan fingerprint density at radius 3 is 3.00 bits per heavy atom. The average Bonchev–Trinajstić information content (AvgIpc) is 2.44. The molecule has 3 heteroatoms. The third-order valence-corrected chi connectivity index (χ3v) is 3.08. The molecule has 0 unspecified atom stereocenters. The summed E-state index contributed by atoms with van der Waals surface area (Å²) in [6.45, 7) is 2.27. The summed E-state index contributed by atoms with van der Waals surface area (Å²) in [6, 6.07) is 9.43. The van der Waals surface area contributed by atoms with E-state index in [0.717, 1.165) is 11.1 Å². The van der Waals surface area contributed by atoms with Crippen molar-refractivity contribution in [1.29, 1.82) is 0 Å². The number of carbonyl (C=O) groups excluding carboxylic acids is 1. The van der Waals surface area contributed by atoms with Crippen molar-refractivity contribution in [2.75, 3.05) is 6.61 Å². The van der Waals surface area contributed by atoms with Crippen LogP contribution in [0.5, 0.6) is 5.75 Å². The van der Waals surface area contributed by atoms with Crippen molar-refractivity contribution in [2.45, 2.75) is 6.92 Å². The Bertz CT molecular complexity index is 660. The molecule has 0 spiro atoms. The number of ether oxygens (including phenoxy) is 1. The van der Waals surface area contributed by atoms with Gasteiger partial charge in [0, 0.05) is 18.0 Å². The van der Waals surface area contributed by atoms with E-state index in [-0.39, 0.29) is 5.78 Å². The molecule has 3 nitrogen and oxygen atoms in total. The van der Waals surface area contributed by atoms with Gasteiger partial charge in [0.15, 0.2) is 5.78 Å². The largest absolute Gasteiger partial charge is 0.488 e. The minimum atomic E-state index is 0.0359. The molecule has 0 N–H and O–H groups in total. The van der Waals surface area contributed by atoms with E-state index in [1.165, 1.54) is 0 Å². The second-order valence-electron chi connectivity index (χ2n) is 4.57. The zero-order valence-corrected chi connectivity index (χ0v) is 10.6. The summed E-state index contributed by atoms with van der Waals surface area (Å²) in [7, 11) is 0. The minimum absolute atomic E-state index is 0.0359. The monoisotopic (exact) mass is 251 g/mol. The predicted molar refractivity (Wildman–Crippen MR) is 73.2 cm³/mol.